The summed E-state index contributed by atoms with van der Waals surface area (Å²) >= 11 is 0. The summed E-state index contributed by atoms with van der Waals surface area (Å²) in [5, 5.41) is 0.692. The van der Waals surface area contributed by atoms with Crippen molar-refractivity contribution < 1.29 is 18.7 Å². The molecule has 1 amide bonds. The first-order chi connectivity index (χ1) is 10.8. The molecule has 0 atom stereocenters. The van der Waals surface area contributed by atoms with Gasteiger partial charge in [-0.2, -0.15) is 0 Å². The number of hydrogen-bond acceptors (Lipinski definition) is 3. The van der Waals surface area contributed by atoms with Crippen molar-refractivity contribution in [2.75, 3.05) is 13.7 Å². The van der Waals surface area contributed by atoms with Gasteiger partial charge < -0.3 is 14.6 Å². The molecule has 0 saturated carbocycles. The molecule has 0 aliphatic carbocycles. The third-order valence-corrected chi connectivity index (χ3v) is 3.88. The lowest BCUT2D eigenvalue weighted by Crippen LogP contribution is -2.41. The minimum absolute atomic E-state index is 0.0945. The molecule has 1 heterocycles. The third kappa shape index (κ3) is 3.70. The molecule has 1 N–H and O–H groups in total. The lowest BCUT2D eigenvalue weighted by Gasteiger charge is -2.25. The highest BCUT2D eigenvalue weighted by Crippen LogP contribution is 2.24. The summed E-state index contributed by atoms with van der Waals surface area (Å²) in [5.74, 6) is -1.01. The Kier molecular flexibility index (Phi) is 5.03. The fourth-order valence-electron chi connectivity index (χ4n) is 2.60. The van der Waals surface area contributed by atoms with Gasteiger partial charge in [0.1, 0.15) is 12.4 Å². The van der Waals surface area contributed by atoms with Gasteiger partial charge in [-0.15, -0.1) is 0 Å². The Bertz CT molecular complexity index is 737. The molecule has 2 rings (SSSR count). The standard InChI is InChI=1S/C17H21FN2O3/c1-10(2)20(9-17(22)23-4)16(21)8-13-11(3)19-15-6-5-12(18)7-14(13)15/h5-7,10,19H,8-9H2,1-4H3. The number of esters is 1. The van der Waals surface area contributed by atoms with Gasteiger partial charge in [0.2, 0.25) is 5.91 Å². The lowest BCUT2D eigenvalue weighted by atomic mass is 10.1. The zero-order chi connectivity index (χ0) is 17.1. The Labute approximate surface area is 134 Å². The van der Waals surface area contributed by atoms with Crippen LogP contribution in [0.3, 0.4) is 0 Å². The summed E-state index contributed by atoms with van der Waals surface area (Å²) in [6.07, 6.45) is 0.102. The first-order valence-corrected chi connectivity index (χ1v) is 7.46. The van der Waals surface area contributed by atoms with E-state index in [1.807, 2.05) is 20.8 Å². The number of nitrogens with one attached hydrogen (secondary N) is 1. The van der Waals surface area contributed by atoms with Crippen LogP contribution in [0, 0.1) is 12.7 Å². The summed E-state index contributed by atoms with van der Waals surface area (Å²) in [7, 11) is 1.29. The molecule has 0 fully saturated rings. The largest absolute Gasteiger partial charge is 0.468 e. The molecule has 1 aromatic heterocycles. The van der Waals surface area contributed by atoms with E-state index in [0.717, 1.165) is 16.8 Å². The summed E-state index contributed by atoms with van der Waals surface area (Å²) in [5.41, 5.74) is 2.36. The molecule has 0 unspecified atom stereocenters. The molecule has 23 heavy (non-hydrogen) atoms. The summed E-state index contributed by atoms with van der Waals surface area (Å²) in [6, 6.07) is 4.31. The highest BCUT2D eigenvalue weighted by Gasteiger charge is 2.22. The average Bonchev–Trinajstić information content (AvgIpc) is 2.79. The van der Waals surface area contributed by atoms with Crippen molar-refractivity contribution in [2.24, 2.45) is 0 Å². The number of carbonyl (C=O) groups excluding carboxylic acids is 2. The van der Waals surface area contributed by atoms with Crippen LogP contribution in [0.5, 0.6) is 0 Å². The van der Waals surface area contributed by atoms with Crippen molar-refractivity contribution in [3.63, 3.8) is 0 Å². The number of aromatic amines is 1. The molecule has 0 spiro atoms. The summed E-state index contributed by atoms with van der Waals surface area (Å²) in [6.45, 7) is 5.43. The number of amides is 1. The number of benzene rings is 1. The number of hydrogen-bond donors (Lipinski definition) is 1. The van der Waals surface area contributed by atoms with Gasteiger partial charge in [0.05, 0.1) is 13.5 Å². The monoisotopic (exact) mass is 320 g/mol. The van der Waals surface area contributed by atoms with Crippen molar-refractivity contribution in [3.05, 3.63) is 35.3 Å². The number of nitrogens with zero attached hydrogens (tertiary/aromatic N) is 1. The maximum Gasteiger partial charge on any atom is 0.325 e. The van der Waals surface area contributed by atoms with Crippen molar-refractivity contribution in [1.82, 2.24) is 9.88 Å². The fraction of sp³-hybridized carbons (Fsp3) is 0.412. The zero-order valence-corrected chi connectivity index (χ0v) is 13.8. The first-order valence-electron chi connectivity index (χ1n) is 7.46. The number of halogens is 1. The van der Waals surface area contributed by atoms with Crippen LogP contribution in [0.15, 0.2) is 18.2 Å². The van der Waals surface area contributed by atoms with Crippen LogP contribution in [0.2, 0.25) is 0 Å². The highest BCUT2D eigenvalue weighted by atomic mass is 19.1. The fourth-order valence-corrected chi connectivity index (χ4v) is 2.60. The quantitative estimate of drug-likeness (QED) is 0.861. The molecule has 0 bridgehead atoms. The number of H-pyrrole nitrogens is 1. The van der Waals surface area contributed by atoms with E-state index in [1.165, 1.54) is 24.1 Å². The number of rotatable bonds is 5. The number of fused-ring (bicyclic) bond motifs is 1. The van der Waals surface area contributed by atoms with E-state index in [2.05, 4.69) is 9.72 Å². The Morgan fingerprint density at radius 2 is 2.04 bits per heavy atom. The minimum Gasteiger partial charge on any atom is -0.468 e. The maximum atomic E-state index is 13.5. The molecule has 0 radical (unpaired) electrons. The summed E-state index contributed by atoms with van der Waals surface area (Å²) in [4.78, 5) is 28.7. The molecule has 0 aliphatic rings. The van der Waals surface area contributed by atoms with E-state index in [0.29, 0.717) is 5.39 Å². The van der Waals surface area contributed by atoms with Crippen LogP contribution in [0.1, 0.15) is 25.1 Å². The normalized spacial score (nSPS) is 11.0. The van der Waals surface area contributed by atoms with E-state index in [-0.39, 0.29) is 30.7 Å². The Balaban J connectivity index is 2.29. The predicted octanol–water partition coefficient (Wildman–Crippen LogP) is 2.57. The first kappa shape index (κ1) is 17.0. The molecule has 1 aromatic carbocycles. The van der Waals surface area contributed by atoms with E-state index in [4.69, 9.17) is 0 Å². The van der Waals surface area contributed by atoms with Gasteiger partial charge in [-0.1, -0.05) is 0 Å². The number of methoxy groups -OCH3 is 1. The second-order valence-corrected chi connectivity index (χ2v) is 5.79. The minimum atomic E-state index is -0.464. The number of aryl methyl sites for hydroxylation is 1. The molecular weight excluding hydrogens is 299 g/mol. The topological polar surface area (TPSA) is 62.4 Å². The van der Waals surface area contributed by atoms with Crippen molar-refractivity contribution in [1.29, 1.82) is 0 Å². The molecule has 0 aliphatic heterocycles. The van der Waals surface area contributed by atoms with Gasteiger partial charge >= 0.3 is 5.97 Å². The van der Waals surface area contributed by atoms with Gasteiger partial charge in [0, 0.05) is 22.6 Å². The molecule has 124 valence electrons. The SMILES string of the molecule is COC(=O)CN(C(=O)Cc1c(C)[nH]c2ccc(F)cc12)C(C)C. The van der Waals surface area contributed by atoms with E-state index in [1.54, 1.807) is 6.07 Å². The lowest BCUT2D eigenvalue weighted by molar-refractivity contribution is -0.147. The van der Waals surface area contributed by atoms with Crippen molar-refractivity contribution in [3.8, 4) is 0 Å². The molecule has 2 aromatic rings. The van der Waals surface area contributed by atoms with Crippen LogP contribution in [0.25, 0.3) is 10.9 Å². The number of carbonyl (C=O) groups is 2. The Morgan fingerprint density at radius 3 is 2.65 bits per heavy atom. The van der Waals surface area contributed by atoms with Crippen molar-refractivity contribution >= 4 is 22.8 Å². The van der Waals surface area contributed by atoms with Crippen LogP contribution in [0.4, 0.5) is 4.39 Å². The van der Waals surface area contributed by atoms with Crippen LogP contribution < -0.4 is 0 Å². The van der Waals surface area contributed by atoms with E-state index >= 15 is 0 Å². The third-order valence-electron chi connectivity index (χ3n) is 3.88. The molecule has 6 heteroatoms. The van der Waals surface area contributed by atoms with Crippen LogP contribution >= 0.6 is 0 Å². The number of ether oxygens (including phenoxy) is 1. The summed E-state index contributed by atoms with van der Waals surface area (Å²) < 4.78 is 18.1. The van der Waals surface area contributed by atoms with Gasteiger partial charge in [-0.3, -0.25) is 9.59 Å². The predicted molar refractivity (Wildman–Crippen MR) is 85.6 cm³/mol. The number of aromatic nitrogens is 1. The van der Waals surface area contributed by atoms with Crippen LogP contribution in [-0.2, 0) is 20.7 Å². The smallest absolute Gasteiger partial charge is 0.325 e. The van der Waals surface area contributed by atoms with Gasteiger partial charge in [0.15, 0.2) is 0 Å². The molecule has 5 nitrogen and oxygen atoms in total. The highest BCUT2D eigenvalue weighted by molar-refractivity contribution is 5.91. The zero-order valence-electron chi connectivity index (χ0n) is 13.8. The van der Waals surface area contributed by atoms with E-state index < -0.39 is 5.97 Å². The van der Waals surface area contributed by atoms with Gasteiger partial charge in [-0.05, 0) is 44.5 Å². The Morgan fingerprint density at radius 1 is 1.35 bits per heavy atom. The second kappa shape index (κ2) is 6.81. The molecule has 0 saturated heterocycles. The maximum absolute atomic E-state index is 13.5. The van der Waals surface area contributed by atoms with Gasteiger partial charge in [-0.25, -0.2) is 4.39 Å². The van der Waals surface area contributed by atoms with Crippen molar-refractivity contribution in [2.45, 2.75) is 33.2 Å². The second-order valence-electron chi connectivity index (χ2n) is 5.79. The average molecular weight is 320 g/mol. The Hall–Kier alpha value is -2.37. The van der Waals surface area contributed by atoms with Gasteiger partial charge in [0.25, 0.3) is 0 Å². The van der Waals surface area contributed by atoms with Crippen LogP contribution in [-0.4, -0.2) is 41.5 Å². The molecular formula is C17H21FN2O3. The van der Waals surface area contributed by atoms with E-state index in [9.17, 15) is 14.0 Å².